The molecule has 0 aromatic carbocycles. The molecule has 0 aromatic rings. The van der Waals surface area contributed by atoms with E-state index in [1.54, 1.807) is 0 Å². The van der Waals surface area contributed by atoms with Crippen molar-refractivity contribution in [1.29, 1.82) is 0 Å². The third-order valence-electron chi connectivity index (χ3n) is 3.78. The lowest BCUT2D eigenvalue weighted by atomic mass is 9.95. The Labute approximate surface area is 134 Å². The molecule has 0 amide bonds. The number of carbonyl (C=O) groups excluding carboxylic acids is 1. The van der Waals surface area contributed by atoms with Gasteiger partial charge in [-0.15, -0.1) is 0 Å². The fourth-order valence-corrected chi connectivity index (χ4v) is 2.94. The lowest BCUT2D eigenvalue weighted by molar-refractivity contribution is -0.777. The summed E-state index contributed by atoms with van der Waals surface area (Å²) in [5.41, 5.74) is 0. The number of hydrogen-bond acceptors (Lipinski definition) is 7. The Morgan fingerprint density at radius 3 is 2.73 bits per heavy atom. The van der Waals surface area contributed by atoms with Gasteiger partial charge >= 0.3 is 5.97 Å². The molecule has 130 valence electrons. The summed E-state index contributed by atoms with van der Waals surface area (Å²) >= 11 is 0.0222. The largest absolute Gasteiger partial charge is 0.691 e. The molecule has 0 saturated heterocycles. The summed E-state index contributed by atoms with van der Waals surface area (Å²) < 4.78 is 23.9. The highest BCUT2D eigenvalue weighted by atomic mass is 32.2. The molecule has 1 fully saturated rings. The van der Waals surface area contributed by atoms with Crippen LogP contribution in [0, 0.1) is 0 Å². The van der Waals surface area contributed by atoms with Crippen molar-refractivity contribution in [3.8, 4) is 0 Å². The Morgan fingerprint density at radius 1 is 1.36 bits per heavy atom. The van der Waals surface area contributed by atoms with E-state index < -0.39 is 23.2 Å². The Hall–Kier alpha value is -0.410. The second-order valence-corrected chi connectivity index (χ2v) is 6.50. The van der Waals surface area contributed by atoms with Crippen molar-refractivity contribution in [3.05, 3.63) is 0 Å². The van der Waals surface area contributed by atoms with Crippen LogP contribution in [0.1, 0.15) is 64.7 Å². The molecule has 0 radical (unpaired) electrons. The lowest BCUT2D eigenvalue weighted by Crippen LogP contribution is -2.41. The van der Waals surface area contributed by atoms with Gasteiger partial charge in [-0.05, 0) is 25.7 Å². The van der Waals surface area contributed by atoms with Crippen molar-refractivity contribution in [2.75, 3.05) is 0 Å². The zero-order chi connectivity index (χ0) is 16.4. The summed E-state index contributed by atoms with van der Waals surface area (Å²) in [5, 5.41) is 20.3. The Kier molecular flexibility index (Phi) is 9.27. The molecule has 3 atom stereocenters. The second kappa shape index (κ2) is 10.4. The molecule has 1 N–H and O–H groups in total. The second-order valence-electron chi connectivity index (χ2n) is 5.55. The molecular formula is C14H24FO6S-. The van der Waals surface area contributed by atoms with E-state index in [4.69, 9.17) is 4.74 Å². The van der Waals surface area contributed by atoms with E-state index in [-0.39, 0.29) is 18.5 Å². The summed E-state index contributed by atoms with van der Waals surface area (Å²) in [6.07, 6.45) is 4.22. The smallest absolute Gasteiger partial charge is 0.357 e. The van der Waals surface area contributed by atoms with Gasteiger partial charge in [-0.1, -0.05) is 32.6 Å². The molecule has 0 heterocycles. The van der Waals surface area contributed by atoms with E-state index in [1.807, 2.05) is 6.92 Å². The maximum atomic E-state index is 14.7. The van der Waals surface area contributed by atoms with Gasteiger partial charge in [0.25, 0.3) is 5.00 Å². The first-order valence-electron chi connectivity index (χ1n) is 7.76. The van der Waals surface area contributed by atoms with E-state index in [0.29, 0.717) is 19.3 Å². The minimum absolute atomic E-state index is 0.0222. The van der Waals surface area contributed by atoms with Crippen molar-refractivity contribution < 1.29 is 33.7 Å². The predicted octanol–water partition coefficient (Wildman–Crippen LogP) is 2.34. The maximum Gasteiger partial charge on any atom is 0.357 e. The van der Waals surface area contributed by atoms with Gasteiger partial charge in [0.05, 0.1) is 18.1 Å². The van der Waals surface area contributed by atoms with Crippen LogP contribution in [-0.2, 0) is 18.9 Å². The minimum Gasteiger partial charge on any atom is -0.691 e. The number of halogens is 1. The normalized spacial score (nSPS) is 24.7. The van der Waals surface area contributed by atoms with Crippen molar-refractivity contribution in [2.45, 2.75) is 81.9 Å². The van der Waals surface area contributed by atoms with E-state index in [9.17, 15) is 19.5 Å². The zero-order valence-electron chi connectivity index (χ0n) is 12.8. The van der Waals surface area contributed by atoms with Gasteiger partial charge in [-0.2, -0.15) is 4.33 Å². The average molecular weight is 339 g/mol. The van der Waals surface area contributed by atoms with Crippen LogP contribution in [0.15, 0.2) is 0 Å². The molecule has 1 saturated carbocycles. The first-order valence-corrected chi connectivity index (χ1v) is 8.50. The number of rotatable bonds is 10. The van der Waals surface area contributed by atoms with Gasteiger partial charge in [-0.3, -0.25) is 5.04 Å². The molecule has 3 unspecified atom stereocenters. The van der Waals surface area contributed by atoms with Gasteiger partial charge in [0.2, 0.25) is 0 Å². The molecule has 1 aliphatic rings. The Bertz CT molecular complexity index is 332. The van der Waals surface area contributed by atoms with Gasteiger partial charge in [-0.25, -0.2) is 9.18 Å². The fourth-order valence-electron chi connectivity index (χ4n) is 2.46. The number of hydrogen-bond donors (Lipinski definition) is 1. The van der Waals surface area contributed by atoms with Crippen molar-refractivity contribution in [1.82, 2.24) is 0 Å². The molecule has 8 heteroatoms. The molecule has 0 aromatic heterocycles. The number of ether oxygens (including phenoxy) is 1. The standard InChI is InChI=1S/C14H25FO6S/c1-2-3-4-7-10-14(15,22-21-20-18)13(17)19-12-9-6-5-8-11(12)16/h11-12,16,18H,2-10H2,1H3/p-1. The van der Waals surface area contributed by atoms with E-state index in [1.165, 1.54) is 0 Å². The summed E-state index contributed by atoms with van der Waals surface area (Å²) in [6, 6.07) is 0. The van der Waals surface area contributed by atoms with Crippen molar-refractivity contribution in [2.24, 2.45) is 0 Å². The van der Waals surface area contributed by atoms with E-state index in [0.717, 1.165) is 32.1 Å². The summed E-state index contributed by atoms with van der Waals surface area (Å²) in [7, 11) is 0. The predicted molar refractivity (Wildman–Crippen MR) is 76.7 cm³/mol. The highest BCUT2D eigenvalue weighted by molar-refractivity contribution is 7.96. The molecule has 6 nitrogen and oxygen atoms in total. The zero-order valence-corrected chi connectivity index (χ0v) is 13.6. The van der Waals surface area contributed by atoms with Gasteiger partial charge in [0.1, 0.15) is 6.10 Å². The van der Waals surface area contributed by atoms with Gasteiger partial charge in [0.15, 0.2) is 0 Å². The monoisotopic (exact) mass is 339 g/mol. The molecule has 0 spiro atoms. The van der Waals surface area contributed by atoms with Crippen LogP contribution in [0.5, 0.6) is 0 Å². The third-order valence-corrected chi connectivity index (χ3v) is 4.54. The van der Waals surface area contributed by atoms with Gasteiger partial charge < -0.3 is 15.1 Å². The van der Waals surface area contributed by atoms with Crippen LogP contribution < -0.4 is 5.26 Å². The highest BCUT2D eigenvalue weighted by Gasteiger charge is 2.44. The summed E-state index contributed by atoms with van der Waals surface area (Å²) in [6.45, 7) is 2.02. The topological polar surface area (TPSA) is 88.0 Å². The number of unbranched alkanes of at least 4 members (excludes halogenated alkanes) is 3. The van der Waals surface area contributed by atoms with Gasteiger partial charge in [0, 0.05) is 6.42 Å². The first kappa shape index (κ1) is 19.6. The van der Waals surface area contributed by atoms with E-state index in [2.05, 4.69) is 9.37 Å². The third kappa shape index (κ3) is 6.37. The number of carbonyl (C=O) groups is 1. The van der Waals surface area contributed by atoms with Crippen molar-refractivity contribution >= 4 is 18.0 Å². The van der Waals surface area contributed by atoms with Crippen LogP contribution in [0.25, 0.3) is 0 Å². The Balaban J connectivity index is 2.57. The fraction of sp³-hybridized carbons (Fsp3) is 0.929. The lowest BCUT2D eigenvalue weighted by Gasteiger charge is -2.30. The van der Waals surface area contributed by atoms with Crippen LogP contribution in [0.3, 0.4) is 0 Å². The minimum atomic E-state index is -2.50. The average Bonchev–Trinajstić information content (AvgIpc) is 2.51. The number of aliphatic hydroxyl groups is 1. The van der Waals surface area contributed by atoms with Crippen LogP contribution in [0.4, 0.5) is 4.39 Å². The SMILES string of the molecule is CCCCCCC(F)(SOO[O-])C(=O)OC1CCCCC1O. The summed E-state index contributed by atoms with van der Waals surface area (Å²) in [4.78, 5) is 12.1. The highest BCUT2D eigenvalue weighted by Crippen LogP contribution is 2.36. The van der Waals surface area contributed by atoms with Crippen LogP contribution in [0.2, 0.25) is 0 Å². The molecule has 0 aliphatic heterocycles. The van der Waals surface area contributed by atoms with E-state index >= 15 is 0 Å². The molecular weight excluding hydrogens is 315 g/mol. The summed E-state index contributed by atoms with van der Waals surface area (Å²) in [5.74, 6) is -1.13. The molecule has 0 bridgehead atoms. The first-order chi connectivity index (χ1) is 10.5. The molecule has 1 rings (SSSR count). The quantitative estimate of drug-likeness (QED) is 0.215. The van der Waals surface area contributed by atoms with Crippen LogP contribution >= 0.6 is 12.0 Å². The Morgan fingerprint density at radius 2 is 2.09 bits per heavy atom. The molecule has 22 heavy (non-hydrogen) atoms. The number of aliphatic hydroxyl groups excluding tert-OH is 1. The molecule has 1 aliphatic carbocycles. The number of alkyl halides is 1. The van der Waals surface area contributed by atoms with Crippen LogP contribution in [-0.4, -0.2) is 28.3 Å². The number of esters is 1. The maximum absolute atomic E-state index is 14.7. The van der Waals surface area contributed by atoms with Crippen molar-refractivity contribution in [3.63, 3.8) is 0 Å².